The number of carbonyl (C=O) groups is 1. The first-order valence-electron chi connectivity index (χ1n) is 6.34. The van der Waals surface area contributed by atoms with Crippen LogP contribution in [0.2, 0.25) is 10.0 Å². The summed E-state index contributed by atoms with van der Waals surface area (Å²) in [6.45, 7) is -0.230. The van der Waals surface area contributed by atoms with Gasteiger partial charge in [-0.05, 0) is 64.6 Å². The largest absolute Gasteiger partial charge is 0.507 e. The lowest BCUT2D eigenvalue weighted by molar-refractivity contribution is -0.123. The molecule has 5 nitrogen and oxygen atoms in total. The molecule has 2 aromatic rings. The van der Waals surface area contributed by atoms with Crippen LogP contribution in [0.5, 0.6) is 11.5 Å². The van der Waals surface area contributed by atoms with Crippen LogP contribution in [0.15, 0.2) is 41.5 Å². The molecule has 23 heavy (non-hydrogen) atoms. The Labute approximate surface area is 156 Å². The monoisotopic (exact) mass is 464 g/mol. The molecule has 0 heterocycles. The molecule has 0 bridgehead atoms. The van der Waals surface area contributed by atoms with E-state index in [1.807, 2.05) is 22.6 Å². The lowest BCUT2D eigenvalue weighted by atomic mass is 10.2. The Morgan fingerprint density at radius 1 is 1.30 bits per heavy atom. The van der Waals surface area contributed by atoms with Crippen LogP contribution in [0.3, 0.4) is 0 Å². The van der Waals surface area contributed by atoms with Gasteiger partial charge in [-0.15, -0.1) is 0 Å². The summed E-state index contributed by atoms with van der Waals surface area (Å²) in [4.78, 5) is 11.6. The molecule has 0 aromatic heterocycles. The van der Waals surface area contributed by atoms with Gasteiger partial charge in [0.15, 0.2) is 6.61 Å². The molecule has 0 aliphatic rings. The molecule has 8 heteroatoms. The topological polar surface area (TPSA) is 70.9 Å². The van der Waals surface area contributed by atoms with Gasteiger partial charge in [0.05, 0.1) is 14.8 Å². The number of nitrogens with one attached hydrogen (secondary N) is 1. The van der Waals surface area contributed by atoms with Crippen molar-refractivity contribution in [2.45, 2.75) is 0 Å². The number of hydrogen-bond acceptors (Lipinski definition) is 4. The average Bonchev–Trinajstić information content (AvgIpc) is 2.50. The molecule has 0 spiro atoms. The van der Waals surface area contributed by atoms with E-state index in [9.17, 15) is 9.90 Å². The van der Waals surface area contributed by atoms with Crippen LogP contribution in [0.25, 0.3) is 0 Å². The van der Waals surface area contributed by atoms with E-state index in [0.29, 0.717) is 19.4 Å². The molecule has 0 fully saturated rings. The first kappa shape index (κ1) is 17.8. The molecule has 0 radical (unpaired) electrons. The number of phenols is 1. The van der Waals surface area contributed by atoms with E-state index < -0.39 is 5.91 Å². The minimum Gasteiger partial charge on any atom is -0.507 e. The molecule has 2 aromatic carbocycles. The summed E-state index contributed by atoms with van der Waals surface area (Å²) in [5, 5.41) is 14.0. The van der Waals surface area contributed by atoms with Gasteiger partial charge in [0.25, 0.3) is 5.91 Å². The van der Waals surface area contributed by atoms with E-state index in [4.69, 9.17) is 27.9 Å². The van der Waals surface area contributed by atoms with Crippen LogP contribution in [0.4, 0.5) is 0 Å². The minimum absolute atomic E-state index is 0.194. The Morgan fingerprint density at radius 2 is 2.09 bits per heavy atom. The second kappa shape index (κ2) is 8.37. The SMILES string of the molecule is O=C(COc1ccc(Cl)cc1Cl)NN=Cc1ccc(O)c(I)c1. The number of hydrazone groups is 1. The Kier molecular flexibility index (Phi) is 6.49. The Balaban J connectivity index is 1.85. The summed E-state index contributed by atoms with van der Waals surface area (Å²) in [7, 11) is 0. The zero-order valence-electron chi connectivity index (χ0n) is 11.6. The number of carbonyl (C=O) groups excluding carboxylic acids is 1. The third kappa shape index (κ3) is 5.56. The lowest BCUT2D eigenvalue weighted by Crippen LogP contribution is -2.24. The van der Waals surface area contributed by atoms with Gasteiger partial charge in [0.2, 0.25) is 0 Å². The Bertz CT molecular complexity index is 753. The summed E-state index contributed by atoms with van der Waals surface area (Å²) in [5.74, 6) is 0.129. The first-order chi connectivity index (χ1) is 11.0. The highest BCUT2D eigenvalue weighted by Gasteiger charge is 2.05. The van der Waals surface area contributed by atoms with Crippen LogP contribution in [0, 0.1) is 3.57 Å². The normalized spacial score (nSPS) is 10.7. The fraction of sp³-hybridized carbons (Fsp3) is 0.0667. The summed E-state index contributed by atoms with van der Waals surface area (Å²) in [5.41, 5.74) is 3.08. The minimum atomic E-state index is -0.430. The molecule has 1 amide bonds. The van der Waals surface area contributed by atoms with Crippen molar-refractivity contribution in [1.82, 2.24) is 5.43 Å². The zero-order valence-corrected chi connectivity index (χ0v) is 15.3. The smallest absolute Gasteiger partial charge is 0.277 e. The molecule has 2 N–H and O–H groups in total. The number of phenolic OH excluding ortho intramolecular Hbond substituents is 1. The van der Waals surface area contributed by atoms with E-state index in [-0.39, 0.29) is 12.4 Å². The molecular formula is C15H11Cl2IN2O3. The van der Waals surface area contributed by atoms with E-state index in [0.717, 1.165) is 5.56 Å². The number of rotatable bonds is 5. The van der Waals surface area contributed by atoms with Gasteiger partial charge < -0.3 is 9.84 Å². The van der Waals surface area contributed by atoms with Gasteiger partial charge in [0.1, 0.15) is 11.5 Å². The van der Waals surface area contributed by atoms with Gasteiger partial charge >= 0.3 is 0 Å². The van der Waals surface area contributed by atoms with Crippen molar-refractivity contribution in [1.29, 1.82) is 0 Å². The van der Waals surface area contributed by atoms with Gasteiger partial charge in [-0.2, -0.15) is 5.10 Å². The van der Waals surface area contributed by atoms with Gasteiger partial charge in [0, 0.05) is 5.02 Å². The zero-order chi connectivity index (χ0) is 16.8. The van der Waals surface area contributed by atoms with E-state index in [2.05, 4.69) is 10.5 Å². The molecule has 0 atom stereocenters. The first-order valence-corrected chi connectivity index (χ1v) is 8.17. The van der Waals surface area contributed by atoms with Gasteiger partial charge in [-0.25, -0.2) is 5.43 Å². The van der Waals surface area contributed by atoms with Crippen LogP contribution in [-0.4, -0.2) is 23.8 Å². The number of halogens is 3. The highest BCUT2D eigenvalue weighted by molar-refractivity contribution is 14.1. The molecule has 0 aliphatic carbocycles. The number of ether oxygens (including phenoxy) is 1. The Morgan fingerprint density at radius 3 is 2.78 bits per heavy atom. The maximum absolute atomic E-state index is 11.6. The molecule has 120 valence electrons. The quantitative estimate of drug-likeness (QED) is 0.401. The predicted octanol–water partition coefficient (Wildman–Crippen LogP) is 3.83. The highest BCUT2D eigenvalue weighted by Crippen LogP contribution is 2.27. The second-order valence-corrected chi connectivity index (χ2v) is 6.37. The van der Waals surface area contributed by atoms with E-state index in [1.165, 1.54) is 12.3 Å². The highest BCUT2D eigenvalue weighted by atomic mass is 127. The third-order valence-electron chi connectivity index (χ3n) is 2.63. The molecule has 2 rings (SSSR count). The molecule has 0 unspecified atom stereocenters. The van der Waals surface area contributed by atoms with Crippen molar-refractivity contribution < 1.29 is 14.6 Å². The van der Waals surface area contributed by atoms with Crippen molar-refractivity contribution in [3.05, 3.63) is 55.6 Å². The number of hydrogen-bond donors (Lipinski definition) is 2. The van der Waals surface area contributed by atoms with Crippen molar-refractivity contribution in [2.75, 3.05) is 6.61 Å². The average molecular weight is 465 g/mol. The van der Waals surface area contributed by atoms with Crippen molar-refractivity contribution in [2.24, 2.45) is 5.10 Å². The van der Waals surface area contributed by atoms with Crippen LogP contribution in [0.1, 0.15) is 5.56 Å². The van der Waals surface area contributed by atoms with Gasteiger partial charge in [-0.1, -0.05) is 23.2 Å². The van der Waals surface area contributed by atoms with Crippen molar-refractivity contribution >= 4 is 57.9 Å². The summed E-state index contributed by atoms with van der Waals surface area (Å²) >= 11 is 13.7. The summed E-state index contributed by atoms with van der Waals surface area (Å²) in [6, 6.07) is 9.69. The van der Waals surface area contributed by atoms with Gasteiger partial charge in [-0.3, -0.25) is 4.79 Å². The number of nitrogens with zero attached hydrogens (tertiary/aromatic N) is 1. The maximum Gasteiger partial charge on any atom is 0.277 e. The van der Waals surface area contributed by atoms with Crippen LogP contribution in [-0.2, 0) is 4.79 Å². The molecule has 0 saturated heterocycles. The van der Waals surface area contributed by atoms with Crippen molar-refractivity contribution in [3.8, 4) is 11.5 Å². The molecule has 0 aliphatic heterocycles. The number of aromatic hydroxyl groups is 1. The molecule has 0 saturated carbocycles. The number of amides is 1. The fourth-order valence-electron chi connectivity index (χ4n) is 1.55. The predicted molar refractivity (Wildman–Crippen MR) is 98.5 cm³/mol. The van der Waals surface area contributed by atoms with Crippen LogP contribution < -0.4 is 10.2 Å². The second-order valence-electron chi connectivity index (χ2n) is 4.37. The van der Waals surface area contributed by atoms with Crippen molar-refractivity contribution in [3.63, 3.8) is 0 Å². The van der Waals surface area contributed by atoms with E-state index in [1.54, 1.807) is 30.3 Å². The molecular weight excluding hydrogens is 454 g/mol. The number of benzene rings is 2. The summed E-state index contributed by atoms with van der Waals surface area (Å²) in [6.07, 6.45) is 1.47. The summed E-state index contributed by atoms with van der Waals surface area (Å²) < 4.78 is 5.97. The van der Waals surface area contributed by atoms with E-state index >= 15 is 0 Å². The Hall–Kier alpha value is -1.51. The maximum atomic E-state index is 11.6. The fourth-order valence-corrected chi connectivity index (χ4v) is 2.55. The lowest BCUT2D eigenvalue weighted by Gasteiger charge is -2.07. The van der Waals surface area contributed by atoms with Crippen LogP contribution >= 0.6 is 45.8 Å². The third-order valence-corrected chi connectivity index (χ3v) is 4.02. The standard InChI is InChI=1S/C15H11Cl2IN2O3/c16-10-2-4-14(11(17)6-10)23-8-15(22)20-19-7-9-1-3-13(21)12(18)5-9/h1-7,21H,8H2,(H,20,22).